The molecular weight excluding hydrogens is 210 g/mol. The van der Waals surface area contributed by atoms with Gasteiger partial charge in [-0.1, -0.05) is 0 Å². The van der Waals surface area contributed by atoms with E-state index in [1.54, 1.807) is 18.6 Å². The van der Waals surface area contributed by atoms with Crippen LogP contribution in [0.2, 0.25) is 0 Å². The fourth-order valence-electron chi connectivity index (χ4n) is 1.29. The highest BCUT2D eigenvalue weighted by Gasteiger charge is 1.97. The van der Waals surface area contributed by atoms with Gasteiger partial charge < -0.3 is 10.3 Å². The highest BCUT2D eigenvalue weighted by molar-refractivity contribution is 7.05. The molecule has 0 aliphatic rings. The summed E-state index contributed by atoms with van der Waals surface area (Å²) >= 11 is 1.49. The van der Waals surface area contributed by atoms with E-state index in [1.165, 1.54) is 22.5 Å². The zero-order chi connectivity index (χ0) is 10.7. The van der Waals surface area contributed by atoms with Crippen LogP contribution in [0.25, 0.3) is 0 Å². The Kier molecular flexibility index (Phi) is 2.82. The Morgan fingerprint density at radius 2 is 2.33 bits per heavy atom. The van der Waals surface area contributed by atoms with Crippen LogP contribution >= 0.6 is 11.5 Å². The fraction of sp³-hybridized carbons (Fsp3) is 0.200. The van der Waals surface area contributed by atoms with Crippen LogP contribution in [0.1, 0.15) is 4.88 Å². The summed E-state index contributed by atoms with van der Waals surface area (Å²) in [7, 11) is 0. The van der Waals surface area contributed by atoms with Crippen molar-refractivity contribution in [2.24, 2.45) is 0 Å². The van der Waals surface area contributed by atoms with Crippen LogP contribution in [-0.2, 0) is 13.0 Å². The Labute approximate surface area is 91.2 Å². The number of nitrogen functional groups attached to an aromatic ring is 1. The van der Waals surface area contributed by atoms with Crippen LogP contribution in [0.4, 0.5) is 5.69 Å². The first-order valence-electron chi connectivity index (χ1n) is 4.61. The second-order valence-corrected chi connectivity index (χ2v) is 4.15. The highest BCUT2D eigenvalue weighted by Crippen LogP contribution is 2.06. The molecule has 2 N–H and O–H groups in total. The Bertz CT molecular complexity index is 490. The number of hydrogen-bond acceptors (Lipinski definition) is 4. The van der Waals surface area contributed by atoms with Crippen molar-refractivity contribution in [2.45, 2.75) is 13.0 Å². The molecule has 78 valence electrons. The van der Waals surface area contributed by atoms with E-state index < -0.39 is 0 Å². The average molecular weight is 221 g/mol. The van der Waals surface area contributed by atoms with Gasteiger partial charge in [-0.25, -0.2) is 4.37 Å². The predicted molar refractivity (Wildman–Crippen MR) is 60.9 cm³/mol. The number of nitrogens with two attached hydrogens (primary N) is 1. The number of pyridine rings is 1. The molecule has 2 aromatic heterocycles. The van der Waals surface area contributed by atoms with Crippen LogP contribution in [0.5, 0.6) is 0 Å². The van der Waals surface area contributed by atoms with E-state index in [4.69, 9.17) is 5.73 Å². The second-order valence-electron chi connectivity index (χ2n) is 3.23. The maximum atomic E-state index is 11.1. The summed E-state index contributed by atoms with van der Waals surface area (Å²) in [5.74, 6) is 0. The fourth-order valence-corrected chi connectivity index (χ4v) is 1.86. The van der Waals surface area contributed by atoms with Gasteiger partial charge >= 0.3 is 0 Å². The topological polar surface area (TPSA) is 60.9 Å². The molecule has 2 heterocycles. The molecule has 0 amide bonds. The summed E-state index contributed by atoms with van der Waals surface area (Å²) in [4.78, 5) is 12.3. The van der Waals surface area contributed by atoms with Gasteiger partial charge in [0.1, 0.15) is 0 Å². The van der Waals surface area contributed by atoms with Crippen molar-refractivity contribution in [1.29, 1.82) is 0 Å². The summed E-state index contributed by atoms with van der Waals surface area (Å²) in [6.45, 7) is 0.812. The van der Waals surface area contributed by atoms with Crippen molar-refractivity contribution in [1.82, 2.24) is 8.94 Å². The van der Waals surface area contributed by atoms with E-state index in [9.17, 15) is 4.79 Å². The number of nitrogens with zero attached hydrogens (tertiary/aromatic N) is 2. The molecule has 0 atom stereocenters. The molecule has 0 fully saturated rings. The maximum Gasteiger partial charge on any atom is 0.204 e. The molecule has 0 saturated carbocycles. The van der Waals surface area contributed by atoms with Crippen LogP contribution in [0.15, 0.2) is 35.5 Å². The van der Waals surface area contributed by atoms with Gasteiger partial charge in [0.2, 0.25) is 5.43 Å². The Balaban J connectivity index is 2.05. The summed E-state index contributed by atoms with van der Waals surface area (Å²) < 4.78 is 5.94. The third kappa shape index (κ3) is 2.44. The van der Waals surface area contributed by atoms with Crippen molar-refractivity contribution >= 4 is 17.2 Å². The predicted octanol–water partition coefficient (Wildman–Crippen LogP) is 1.13. The van der Waals surface area contributed by atoms with Gasteiger partial charge in [0.25, 0.3) is 0 Å². The summed E-state index contributed by atoms with van der Waals surface area (Å²) in [6.07, 6.45) is 6.12. The molecule has 0 spiro atoms. The lowest BCUT2D eigenvalue weighted by Gasteiger charge is -2.04. The first-order chi connectivity index (χ1) is 7.25. The quantitative estimate of drug-likeness (QED) is 0.845. The van der Waals surface area contributed by atoms with Crippen LogP contribution in [-0.4, -0.2) is 8.94 Å². The lowest BCUT2D eigenvalue weighted by atomic mass is 10.3. The van der Waals surface area contributed by atoms with E-state index in [2.05, 4.69) is 4.37 Å². The third-order valence-corrected chi connectivity index (χ3v) is 2.92. The Morgan fingerprint density at radius 1 is 1.47 bits per heavy atom. The minimum Gasteiger partial charge on any atom is -0.394 e. The van der Waals surface area contributed by atoms with Gasteiger partial charge in [-0.15, -0.1) is 0 Å². The standard InChI is InChI=1S/C10H11N3OS/c11-9-7-13(6-3-10(9)14)5-2-8-1-4-12-15-8/h1,3-4,6-7H,2,5,11H2. The lowest BCUT2D eigenvalue weighted by Crippen LogP contribution is -2.11. The molecule has 0 radical (unpaired) electrons. The molecule has 5 heteroatoms. The van der Waals surface area contributed by atoms with Gasteiger partial charge in [0.05, 0.1) is 5.69 Å². The number of anilines is 1. The van der Waals surface area contributed by atoms with Crippen molar-refractivity contribution in [3.8, 4) is 0 Å². The van der Waals surface area contributed by atoms with E-state index in [0.29, 0.717) is 5.69 Å². The number of rotatable bonds is 3. The molecule has 0 unspecified atom stereocenters. The van der Waals surface area contributed by atoms with Gasteiger partial charge in [-0.05, 0) is 17.6 Å². The molecular formula is C10H11N3OS. The number of hydrogen-bond donors (Lipinski definition) is 1. The second kappa shape index (κ2) is 4.27. The summed E-state index contributed by atoms with van der Waals surface area (Å²) in [6, 6.07) is 3.48. The molecule has 2 rings (SSSR count). The minimum absolute atomic E-state index is 0.121. The maximum absolute atomic E-state index is 11.1. The van der Waals surface area contributed by atoms with Crippen LogP contribution < -0.4 is 11.2 Å². The summed E-state index contributed by atoms with van der Waals surface area (Å²) in [5, 5.41) is 0. The first kappa shape index (κ1) is 9.92. The van der Waals surface area contributed by atoms with Gasteiger partial charge in [0.15, 0.2) is 0 Å². The van der Waals surface area contributed by atoms with Crippen LogP contribution in [0.3, 0.4) is 0 Å². The minimum atomic E-state index is -0.121. The Morgan fingerprint density at radius 3 is 3.00 bits per heavy atom. The number of aryl methyl sites for hydroxylation is 2. The van der Waals surface area contributed by atoms with Crippen molar-refractivity contribution in [2.75, 3.05) is 5.73 Å². The van der Waals surface area contributed by atoms with E-state index in [1.807, 2.05) is 10.6 Å². The normalized spacial score (nSPS) is 10.4. The smallest absolute Gasteiger partial charge is 0.204 e. The molecule has 0 aliphatic carbocycles. The molecule has 0 bridgehead atoms. The molecule has 15 heavy (non-hydrogen) atoms. The molecule has 0 saturated heterocycles. The monoisotopic (exact) mass is 221 g/mol. The molecule has 0 aromatic carbocycles. The van der Waals surface area contributed by atoms with Crippen molar-refractivity contribution in [3.63, 3.8) is 0 Å². The molecule has 0 aliphatic heterocycles. The molecule has 4 nitrogen and oxygen atoms in total. The van der Waals surface area contributed by atoms with Gasteiger partial charge in [-0.2, -0.15) is 0 Å². The largest absolute Gasteiger partial charge is 0.394 e. The average Bonchev–Trinajstić information content (AvgIpc) is 2.73. The summed E-state index contributed by atoms with van der Waals surface area (Å²) in [5.41, 5.74) is 5.70. The number of aromatic nitrogens is 2. The van der Waals surface area contributed by atoms with Gasteiger partial charge in [-0.3, -0.25) is 4.79 Å². The van der Waals surface area contributed by atoms with Crippen molar-refractivity contribution in [3.05, 3.63) is 45.8 Å². The van der Waals surface area contributed by atoms with E-state index in [0.717, 1.165) is 13.0 Å². The first-order valence-corrected chi connectivity index (χ1v) is 5.38. The SMILES string of the molecule is Nc1cn(CCc2ccns2)ccc1=O. The Hall–Kier alpha value is -1.62. The van der Waals surface area contributed by atoms with Crippen molar-refractivity contribution < 1.29 is 0 Å². The zero-order valence-corrected chi connectivity index (χ0v) is 8.91. The van der Waals surface area contributed by atoms with E-state index >= 15 is 0 Å². The lowest BCUT2D eigenvalue weighted by molar-refractivity contribution is 0.697. The van der Waals surface area contributed by atoms with Gasteiger partial charge in [0, 0.05) is 42.5 Å². The van der Waals surface area contributed by atoms with Crippen LogP contribution in [0, 0.1) is 0 Å². The zero-order valence-electron chi connectivity index (χ0n) is 8.09. The van der Waals surface area contributed by atoms with E-state index in [-0.39, 0.29) is 5.43 Å². The molecule has 2 aromatic rings. The third-order valence-electron chi connectivity index (χ3n) is 2.11. The highest BCUT2D eigenvalue weighted by atomic mass is 32.1.